The first-order chi connectivity index (χ1) is 12.8. The number of hydrogen-bond acceptors (Lipinski definition) is 5. The normalized spacial score (nSPS) is 15.4. The number of hydrogen-bond donors (Lipinski definition) is 0. The zero-order chi connectivity index (χ0) is 19.7. The Morgan fingerprint density at radius 3 is 2.19 bits per heavy atom. The summed E-state index contributed by atoms with van der Waals surface area (Å²) in [6.07, 6.45) is 1.99. The maximum Gasteiger partial charge on any atom is 0.345 e. The highest BCUT2D eigenvalue weighted by molar-refractivity contribution is 7.98. The molecule has 0 unspecified atom stereocenters. The fraction of sp³-hybridized carbons (Fsp3) is 0.222. The second-order valence-electron chi connectivity index (χ2n) is 5.88. The molecule has 2 aromatic carbocycles. The number of halogens is 2. The number of nitrogens with zero attached hydrogens (tertiary/aromatic N) is 3. The Morgan fingerprint density at radius 1 is 1.04 bits per heavy atom. The lowest BCUT2D eigenvalue weighted by molar-refractivity contribution is -0.129. The van der Waals surface area contributed by atoms with Crippen LogP contribution in [0.4, 0.5) is 10.5 Å². The van der Waals surface area contributed by atoms with Crippen molar-refractivity contribution >= 4 is 52.6 Å². The minimum atomic E-state index is -0.484. The van der Waals surface area contributed by atoms with Gasteiger partial charge in [0.15, 0.2) is 5.75 Å². The Labute approximate surface area is 171 Å². The highest BCUT2D eigenvalue weighted by Crippen LogP contribution is 2.40. The minimum absolute atomic E-state index is 0.0670. The van der Waals surface area contributed by atoms with Crippen LogP contribution in [0.2, 0.25) is 10.0 Å². The summed E-state index contributed by atoms with van der Waals surface area (Å²) >= 11 is 14.4. The molecule has 0 atom stereocenters. The highest BCUT2D eigenvalue weighted by Gasteiger charge is 2.34. The number of imide groups is 1. The lowest BCUT2D eigenvalue weighted by Crippen LogP contribution is -2.60. The summed E-state index contributed by atoms with van der Waals surface area (Å²) in [4.78, 5) is 26.4. The molecule has 3 rings (SSSR count). The van der Waals surface area contributed by atoms with E-state index in [9.17, 15) is 9.59 Å². The molecule has 0 aliphatic carbocycles. The second-order valence-corrected chi connectivity index (χ2v) is 7.57. The molecule has 1 saturated heterocycles. The van der Waals surface area contributed by atoms with Gasteiger partial charge in [-0.1, -0.05) is 23.2 Å². The quantitative estimate of drug-likeness (QED) is 0.661. The van der Waals surface area contributed by atoms with E-state index in [1.165, 1.54) is 17.1 Å². The summed E-state index contributed by atoms with van der Waals surface area (Å²) in [6.45, 7) is 0.0670. The van der Waals surface area contributed by atoms with E-state index in [1.54, 1.807) is 30.9 Å². The molecule has 9 heteroatoms. The molecule has 142 valence electrons. The summed E-state index contributed by atoms with van der Waals surface area (Å²) in [5.74, 6) is 0.612. The second kappa shape index (κ2) is 7.98. The van der Waals surface area contributed by atoms with Crippen LogP contribution in [0.3, 0.4) is 0 Å². The molecule has 1 fully saturated rings. The maximum absolute atomic E-state index is 12.5. The fourth-order valence-corrected chi connectivity index (χ4v) is 3.56. The molecule has 0 bridgehead atoms. The Balaban J connectivity index is 1.90. The predicted octanol–water partition coefficient (Wildman–Crippen LogP) is 4.75. The SMILES string of the molecule is CSc1ccc(Oc2c(Cl)cc(N3C(=O)N(C)C(=O)CN3C)cc2Cl)cc1. The van der Waals surface area contributed by atoms with Gasteiger partial charge in [-0.3, -0.25) is 9.69 Å². The number of urea groups is 1. The van der Waals surface area contributed by atoms with Crippen molar-refractivity contribution in [3.63, 3.8) is 0 Å². The van der Waals surface area contributed by atoms with Crippen LogP contribution in [-0.4, -0.2) is 48.7 Å². The van der Waals surface area contributed by atoms with Gasteiger partial charge >= 0.3 is 6.03 Å². The zero-order valence-corrected chi connectivity index (χ0v) is 17.2. The van der Waals surface area contributed by atoms with Crippen molar-refractivity contribution in [2.75, 3.05) is 31.9 Å². The average molecular weight is 426 g/mol. The fourth-order valence-electron chi connectivity index (χ4n) is 2.60. The molecule has 0 aromatic heterocycles. The molecule has 0 saturated carbocycles. The molecule has 0 radical (unpaired) electrons. The van der Waals surface area contributed by atoms with Gasteiger partial charge < -0.3 is 4.74 Å². The van der Waals surface area contributed by atoms with Crippen molar-refractivity contribution in [3.05, 3.63) is 46.4 Å². The highest BCUT2D eigenvalue weighted by atomic mass is 35.5. The van der Waals surface area contributed by atoms with E-state index in [1.807, 2.05) is 30.5 Å². The number of rotatable bonds is 4. The van der Waals surface area contributed by atoms with E-state index in [4.69, 9.17) is 27.9 Å². The third-order valence-corrected chi connectivity index (χ3v) is 5.36. The molecule has 0 N–H and O–H groups in total. The van der Waals surface area contributed by atoms with Crippen LogP contribution < -0.4 is 9.75 Å². The summed E-state index contributed by atoms with van der Waals surface area (Å²) in [7, 11) is 3.08. The van der Waals surface area contributed by atoms with E-state index in [-0.39, 0.29) is 22.5 Å². The van der Waals surface area contributed by atoms with Crippen LogP contribution >= 0.6 is 35.0 Å². The van der Waals surface area contributed by atoms with Gasteiger partial charge in [0.2, 0.25) is 5.91 Å². The van der Waals surface area contributed by atoms with Crippen molar-refractivity contribution in [2.24, 2.45) is 0 Å². The Hall–Kier alpha value is -1.93. The molecule has 27 heavy (non-hydrogen) atoms. The monoisotopic (exact) mass is 425 g/mol. The Morgan fingerprint density at radius 2 is 1.63 bits per heavy atom. The van der Waals surface area contributed by atoms with Crippen LogP contribution in [0.25, 0.3) is 0 Å². The minimum Gasteiger partial charge on any atom is -0.454 e. The smallest absolute Gasteiger partial charge is 0.345 e. The van der Waals surface area contributed by atoms with Gasteiger partial charge in [-0.15, -0.1) is 11.8 Å². The summed E-state index contributed by atoms with van der Waals surface area (Å²) in [5.41, 5.74) is 0.446. The Bertz CT molecular complexity index is 869. The summed E-state index contributed by atoms with van der Waals surface area (Å²) in [6, 6.07) is 10.2. The third kappa shape index (κ3) is 4.01. The van der Waals surface area contributed by atoms with Crippen molar-refractivity contribution in [2.45, 2.75) is 4.90 Å². The van der Waals surface area contributed by atoms with Gasteiger partial charge in [0.25, 0.3) is 0 Å². The Kier molecular flexibility index (Phi) is 5.86. The molecule has 3 amide bonds. The number of benzene rings is 2. The predicted molar refractivity (Wildman–Crippen MR) is 108 cm³/mol. The van der Waals surface area contributed by atoms with Gasteiger partial charge in [-0.05, 0) is 42.7 Å². The number of carbonyl (C=O) groups is 2. The van der Waals surface area contributed by atoms with Gasteiger partial charge in [-0.25, -0.2) is 14.8 Å². The van der Waals surface area contributed by atoms with Crippen molar-refractivity contribution in [1.29, 1.82) is 0 Å². The van der Waals surface area contributed by atoms with E-state index in [0.717, 1.165) is 9.80 Å². The number of ether oxygens (including phenoxy) is 1. The average Bonchev–Trinajstić information content (AvgIpc) is 2.63. The zero-order valence-electron chi connectivity index (χ0n) is 14.9. The lowest BCUT2D eigenvalue weighted by atomic mass is 10.2. The number of hydrazine groups is 1. The van der Waals surface area contributed by atoms with Crippen LogP contribution in [0, 0.1) is 0 Å². The molecule has 1 aliphatic heterocycles. The molecule has 2 aromatic rings. The van der Waals surface area contributed by atoms with Crippen molar-refractivity contribution in [3.8, 4) is 11.5 Å². The van der Waals surface area contributed by atoms with Crippen LogP contribution in [0.5, 0.6) is 11.5 Å². The van der Waals surface area contributed by atoms with Gasteiger partial charge in [-0.2, -0.15) is 0 Å². The van der Waals surface area contributed by atoms with E-state index < -0.39 is 6.03 Å². The van der Waals surface area contributed by atoms with Crippen molar-refractivity contribution in [1.82, 2.24) is 9.91 Å². The third-order valence-electron chi connectivity index (χ3n) is 4.05. The standard InChI is InChI=1S/C18H17Cl2N3O3S/c1-21-10-16(24)22(2)18(25)23(21)11-8-14(19)17(15(20)9-11)26-12-4-6-13(27-3)7-5-12/h4-9H,10H2,1-3H3. The van der Waals surface area contributed by atoms with E-state index >= 15 is 0 Å². The van der Waals surface area contributed by atoms with Crippen LogP contribution in [0.1, 0.15) is 0 Å². The van der Waals surface area contributed by atoms with Gasteiger partial charge in [0, 0.05) is 19.0 Å². The summed E-state index contributed by atoms with van der Waals surface area (Å²) < 4.78 is 5.82. The first-order valence-electron chi connectivity index (χ1n) is 7.94. The first kappa shape index (κ1) is 19.8. The largest absolute Gasteiger partial charge is 0.454 e. The van der Waals surface area contributed by atoms with Crippen LogP contribution in [0.15, 0.2) is 41.3 Å². The molecular formula is C18H17Cl2N3O3S. The number of amides is 3. The van der Waals surface area contributed by atoms with E-state index in [0.29, 0.717) is 17.2 Å². The molecule has 1 heterocycles. The molecular weight excluding hydrogens is 409 g/mol. The number of carbonyl (C=O) groups excluding carboxylic acids is 2. The molecule has 6 nitrogen and oxygen atoms in total. The number of anilines is 1. The molecule has 1 aliphatic rings. The summed E-state index contributed by atoms with van der Waals surface area (Å²) in [5, 5.41) is 3.37. The van der Waals surface area contributed by atoms with E-state index in [2.05, 4.69) is 0 Å². The number of thioether (sulfide) groups is 1. The number of likely N-dealkylation sites (N-methyl/N-ethyl adjacent to an activating group) is 2. The maximum atomic E-state index is 12.5. The van der Waals surface area contributed by atoms with Gasteiger partial charge in [0.1, 0.15) is 5.75 Å². The molecule has 0 spiro atoms. The van der Waals surface area contributed by atoms with Gasteiger partial charge in [0.05, 0.1) is 22.3 Å². The topological polar surface area (TPSA) is 53.1 Å². The van der Waals surface area contributed by atoms with Crippen LogP contribution in [-0.2, 0) is 4.79 Å². The lowest BCUT2D eigenvalue weighted by Gasteiger charge is -2.38. The first-order valence-corrected chi connectivity index (χ1v) is 9.92. The van der Waals surface area contributed by atoms with Crippen molar-refractivity contribution < 1.29 is 14.3 Å².